The maximum absolute atomic E-state index is 12.5. The topological polar surface area (TPSA) is 81.3 Å². The van der Waals surface area contributed by atoms with E-state index < -0.39 is 0 Å². The molecule has 0 saturated heterocycles. The van der Waals surface area contributed by atoms with Crippen LogP contribution in [0.2, 0.25) is 0 Å². The van der Waals surface area contributed by atoms with Crippen molar-refractivity contribution in [2.24, 2.45) is 0 Å². The molecule has 2 N–H and O–H groups in total. The highest BCUT2D eigenvalue weighted by Crippen LogP contribution is 2.22. The number of quaternary nitrogens is 1. The second-order valence-electron chi connectivity index (χ2n) is 7.69. The van der Waals surface area contributed by atoms with Crippen LogP contribution in [0.3, 0.4) is 0 Å². The lowest BCUT2D eigenvalue weighted by molar-refractivity contribution is -0.890. The Morgan fingerprint density at radius 2 is 1.84 bits per heavy atom. The number of thioether (sulfide) groups is 1. The molecule has 1 aromatic heterocycles. The first-order chi connectivity index (χ1) is 14.8. The van der Waals surface area contributed by atoms with E-state index in [4.69, 9.17) is 0 Å². The van der Waals surface area contributed by atoms with Gasteiger partial charge in [0.1, 0.15) is 6.04 Å². The molecule has 31 heavy (non-hydrogen) atoms. The molecule has 7 nitrogen and oxygen atoms in total. The van der Waals surface area contributed by atoms with Crippen molar-refractivity contribution in [2.45, 2.75) is 31.6 Å². The van der Waals surface area contributed by atoms with Crippen LogP contribution in [-0.2, 0) is 11.3 Å². The summed E-state index contributed by atoms with van der Waals surface area (Å²) in [5, 5.41) is 12.4. The maximum Gasteiger partial charge on any atom is 0.234 e. The summed E-state index contributed by atoms with van der Waals surface area (Å²) in [5.41, 5.74) is 2.32. The number of nitrogens with one attached hydrogen (secondary N) is 2. The molecule has 0 fully saturated rings. The number of nitrogens with zero attached hydrogens (tertiary/aromatic N) is 3. The van der Waals surface area contributed by atoms with E-state index in [1.165, 1.54) is 23.6 Å². The zero-order chi connectivity index (χ0) is 22.4. The van der Waals surface area contributed by atoms with Crippen molar-refractivity contribution in [1.29, 1.82) is 0 Å². The van der Waals surface area contributed by atoms with Gasteiger partial charge in [0.15, 0.2) is 16.8 Å². The Hall–Kier alpha value is -2.97. The zero-order valence-electron chi connectivity index (χ0n) is 18.3. The van der Waals surface area contributed by atoms with Crippen molar-refractivity contribution < 1.29 is 14.5 Å². The third kappa shape index (κ3) is 6.02. The number of Topliss-reactive ketones (excluding diaryl/α,β-unsaturated/α-hetero) is 1. The van der Waals surface area contributed by atoms with Crippen LogP contribution in [0.4, 0.5) is 5.69 Å². The number of carbonyl (C=O) groups is 2. The molecule has 8 heteroatoms. The molecule has 0 aliphatic carbocycles. The Kier molecular flexibility index (Phi) is 7.59. The highest BCUT2D eigenvalue weighted by Gasteiger charge is 2.23. The van der Waals surface area contributed by atoms with Crippen molar-refractivity contribution in [3.63, 3.8) is 0 Å². The predicted octanol–water partition coefficient (Wildman–Crippen LogP) is 2.47. The Morgan fingerprint density at radius 1 is 1.10 bits per heavy atom. The monoisotopic (exact) mass is 438 g/mol. The Bertz CT molecular complexity index is 1050. The fourth-order valence-electron chi connectivity index (χ4n) is 3.04. The van der Waals surface area contributed by atoms with E-state index in [-0.39, 0.29) is 23.5 Å². The normalized spacial score (nSPS) is 12.0. The van der Waals surface area contributed by atoms with Crippen molar-refractivity contribution in [3.8, 4) is 0 Å². The van der Waals surface area contributed by atoms with E-state index in [0.29, 0.717) is 23.0 Å². The van der Waals surface area contributed by atoms with E-state index >= 15 is 0 Å². The van der Waals surface area contributed by atoms with Crippen LogP contribution >= 0.6 is 11.8 Å². The van der Waals surface area contributed by atoms with Gasteiger partial charge in [0.25, 0.3) is 0 Å². The summed E-state index contributed by atoms with van der Waals surface area (Å²) < 4.78 is 2.08. The smallest absolute Gasteiger partial charge is 0.234 e. The van der Waals surface area contributed by atoms with Gasteiger partial charge in [-0.3, -0.25) is 14.2 Å². The third-order valence-corrected chi connectivity index (χ3v) is 6.03. The van der Waals surface area contributed by atoms with E-state index in [9.17, 15) is 9.59 Å². The summed E-state index contributed by atoms with van der Waals surface area (Å²) in [4.78, 5) is 25.3. The number of hydrogen-bond donors (Lipinski definition) is 2. The SMILES string of the molecule is CC(=O)c1cccc(NC(=O)CSc2nnc([C@@H](C)[NH+](C)C)n2Cc2ccccc2)c1. The van der Waals surface area contributed by atoms with Crippen molar-refractivity contribution >= 4 is 29.1 Å². The minimum Gasteiger partial charge on any atom is -0.331 e. The Balaban J connectivity index is 1.74. The molecular formula is C23H28N5O2S+. The van der Waals surface area contributed by atoms with Gasteiger partial charge in [-0.2, -0.15) is 0 Å². The van der Waals surface area contributed by atoms with Crippen molar-refractivity contribution in [1.82, 2.24) is 14.8 Å². The van der Waals surface area contributed by atoms with E-state index in [1.54, 1.807) is 24.3 Å². The number of rotatable bonds is 9. The van der Waals surface area contributed by atoms with E-state index in [1.807, 2.05) is 18.2 Å². The summed E-state index contributed by atoms with van der Waals surface area (Å²) in [7, 11) is 4.17. The van der Waals surface area contributed by atoms with Crippen LogP contribution in [0, 0.1) is 0 Å². The molecule has 2 aromatic carbocycles. The average Bonchev–Trinajstić information content (AvgIpc) is 3.14. The van der Waals surface area contributed by atoms with Gasteiger partial charge >= 0.3 is 0 Å². The molecule has 0 spiro atoms. The fourth-order valence-corrected chi connectivity index (χ4v) is 3.79. The van der Waals surface area contributed by atoms with Crippen LogP contribution in [0.25, 0.3) is 0 Å². The largest absolute Gasteiger partial charge is 0.331 e. The number of benzene rings is 2. The molecule has 162 valence electrons. The Morgan fingerprint density at radius 3 is 2.52 bits per heavy atom. The summed E-state index contributed by atoms with van der Waals surface area (Å²) in [5.74, 6) is 0.887. The maximum atomic E-state index is 12.5. The number of amides is 1. The summed E-state index contributed by atoms with van der Waals surface area (Å²) in [6, 6.07) is 17.2. The van der Waals surface area contributed by atoms with E-state index in [2.05, 4.69) is 53.2 Å². The molecule has 1 heterocycles. The van der Waals surface area contributed by atoms with Crippen molar-refractivity contribution in [3.05, 3.63) is 71.5 Å². The van der Waals surface area contributed by atoms with Gasteiger partial charge in [-0.1, -0.05) is 54.2 Å². The first-order valence-corrected chi connectivity index (χ1v) is 11.1. The van der Waals surface area contributed by atoms with Gasteiger partial charge in [0, 0.05) is 11.3 Å². The first kappa shape index (κ1) is 22.7. The zero-order valence-corrected chi connectivity index (χ0v) is 19.1. The third-order valence-electron chi connectivity index (χ3n) is 5.07. The highest BCUT2D eigenvalue weighted by atomic mass is 32.2. The van der Waals surface area contributed by atoms with Crippen LogP contribution in [0.1, 0.15) is 41.6 Å². The Labute approximate surface area is 186 Å². The predicted molar refractivity (Wildman–Crippen MR) is 123 cm³/mol. The van der Waals surface area contributed by atoms with Gasteiger partial charge in [-0.25, -0.2) is 0 Å². The van der Waals surface area contributed by atoms with Gasteiger partial charge in [0.05, 0.1) is 26.4 Å². The molecule has 1 amide bonds. The number of carbonyl (C=O) groups excluding carboxylic acids is 2. The molecule has 0 unspecified atom stereocenters. The number of ketones is 1. The minimum atomic E-state index is -0.159. The molecular weight excluding hydrogens is 410 g/mol. The van der Waals surface area contributed by atoms with Crippen LogP contribution in [0.15, 0.2) is 59.8 Å². The molecule has 0 saturated carbocycles. The summed E-state index contributed by atoms with van der Waals surface area (Å²) in [6.07, 6.45) is 0. The van der Waals surface area contributed by atoms with Gasteiger partial charge in [0.2, 0.25) is 5.91 Å². The molecule has 3 aromatic rings. The molecule has 0 aliphatic rings. The molecule has 0 radical (unpaired) electrons. The second-order valence-corrected chi connectivity index (χ2v) is 8.63. The molecule has 1 atom stereocenters. The highest BCUT2D eigenvalue weighted by molar-refractivity contribution is 7.99. The molecule has 0 bridgehead atoms. The summed E-state index contributed by atoms with van der Waals surface area (Å²) in [6.45, 7) is 4.26. The van der Waals surface area contributed by atoms with Crippen molar-refractivity contribution in [2.75, 3.05) is 25.2 Å². The van der Waals surface area contributed by atoms with Gasteiger partial charge < -0.3 is 10.2 Å². The number of aromatic nitrogens is 3. The lowest BCUT2D eigenvalue weighted by Gasteiger charge is -2.18. The number of hydrogen-bond acceptors (Lipinski definition) is 5. The first-order valence-electron chi connectivity index (χ1n) is 10.2. The summed E-state index contributed by atoms with van der Waals surface area (Å²) >= 11 is 1.36. The van der Waals surface area contributed by atoms with Crippen LogP contribution < -0.4 is 10.2 Å². The van der Waals surface area contributed by atoms with Gasteiger partial charge in [-0.15, -0.1) is 10.2 Å². The molecule has 0 aliphatic heterocycles. The molecule has 3 rings (SSSR count). The number of anilines is 1. The average molecular weight is 439 g/mol. The lowest BCUT2D eigenvalue weighted by Crippen LogP contribution is -3.05. The van der Waals surface area contributed by atoms with E-state index in [0.717, 1.165) is 11.4 Å². The standard InChI is InChI=1S/C23H27N5O2S/c1-16(27(3)4)22-25-26-23(28(22)14-18-9-6-5-7-10-18)31-15-21(30)24-20-12-8-11-19(13-20)17(2)29/h5-13,16H,14-15H2,1-4H3,(H,24,30)/p+1/t16-/m1/s1. The van der Waals surface area contributed by atoms with Crippen LogP contribution in [0.5, 0.6) is 0 Å². The van der Waals surface area contributed by atoms with Gasteiger partial charge in [-0.05, 0) is 31.5 Å². The van der Waals surface area contributed by atoms with Crippen LogP contribution in [-0.4, -0.2) is 46.3 Å². The fraction of sp³-hybridized carbons (Fsp3) is 0.304. The second kappa shape index (κ2) is 10.4. The minimum absolute atomic E-state index is 0.0378. The quantitative estimate of drug-likeness (QED) is 0.396. The lowest BCUT2D eigenvalue weighted by atomic mass is 10.1.